The van der Waals surface area contributed by atoms with Crippen molar-refractivity contribution in [3.05, 3.63) is 0 Å². The van der Waals surface area contributed by atoms with Gasteiger partial charge < -0.3 is 9.80 Å². The van der Waals surface area contributed by atoms with Gasteiger partial charge in [0, 0.05) is 47.7 Å². The third kappa shape index (κ3) is 2.83. The average molecular weight is 321 g/mol. The Hall–Kier alpha value is -0.330. The molecule has 1 amide bonds. The molecule has 5 nitrogen and oxygen atoms in total. The van der Waals surface area contributed by atoms with E-state index in [1.807, 2.05) is 4.90 Å². The van der Waals surface area contributed by atoms with Crippen LogP contribution in [0.4, 0.5) is 0 Å². The molecule has 0 N–H and O–H groups in total. The van der Waals surface area contributed by atoms with Gasteiger partial charge in [-0.1, -0.05) is 0 Å². The highest BCUT2D eigenvalue weighted by atomic mass is 35.7. The van der Waals surface area contributed by atoms with E-state index >= 15 is 0 Å². The third-order valence-electron chi connectivity index (χ3n) is 5.19. The number of halogens is 1. The van der Waals surface area contributed by atoms with Gasteiger partial charge in [-0.25, -0.2) is 8.42 Å². The van der Waals surface area contributed by atoms with Gasteiger partial charge in [0.2, 0.25) is 15.0 Å². The predicted molar refractivity (Wildman–Crippen MR) is 77.1 cm³/mol. The maximum atomic E-state index is 12.2. The van der Waals surface area contributed by atoms with Crippen molar-refractivity contribution < 1.29 is 13.2 Å². The summed E-state index contributed by atoms with van der Waals surface area (Å²) in [5, 5.41) is 0. The van der Waals surface area contributed by atoms with Gasteiger partial charge >= 0.3 is 0 Å². The summed E-state index contributed by atoms with van der Waals surface area (Å²) < 4.78 is 22.3. The summed E-state index contributed by atoms with van der Waals surface area (Å²) in [4.78, 5) is 16.5. The van der Waals surface area contributed by atoms with E-state index in [4.69, 9.17) is 10.7 Å². The first-order valence-electron chi connectivity index (χ1n) is 7.27. The Balaban J connectivity index is 1.65. The second kappa shape index (κ2) is 5.14. The lowest BCUT2D eigenvalue weighted by Crippen LogP contribution is -2.49. The lowest BCUT2D eigenvalue weighted by molar-refractivity contribution is -0.130. The lowest BCUT2D eigenvalue weighted by Gasteiger charge is -2.40. The molecular formula is C13H21ClN2O3S. The van der Waals surface area contributed by atoms with Gasteiger partial charge in [-0.05, 0) is 32.7 Å². The topological polar surface area (TPSA) is 57.7 Å². The number of rotatable bonds is 3. The van der Waals surface area contributed by atoms with E-state index in [2.05, 4.69) is 11.9 Å². The normalized spacial score (nSPS) is 38.7. The summed E-state index contributed by atoms with van der Waals surface area (Å²) in [7, 11) is 3.96. The molecule has 3 unspecified atom stereocenters. The van der Waals surface area contributed by atoms with Crippen LogP contribution in [0.25, 0.3) is 0 Å². The number of hydrogen-bond donors (Lipinski definition) is 0. The minimum atomic E-state index is -3.52. The van der Waals surface area contributed by atoms with E-state index in [-0.39, 0.29) is 17.6 Å². The molecule has 0 radical (unpaired) electrons. The standard InChI is InChI=1S/C13H21ClN2O3S/c1-15-10-2-3-11(15)6-12(5-10)16-7-9(4-13(16)17)8-20(14,18)19/h9-12H,2-8H2,1H3. The molecule has 2 bridgehead atoms. The Morgan fingerprint density at radius 3 is 2.35 bits per heavy atom. The summed E-state index contributed by atoms with van der Waals surface area (Å²) in [6.45, 7) is 0.554. The zero-order valence-corrected chi connectivity index (χ0v) is 13.2. The van der Waals surface area contributed by atoms with Crippen molar-refractivity contribution in [1.29, 1.82) is 0 Å². The summed E-state index contributed by atoms with van der Waals surface area (Å²) in [5.74, 6) is -0.123. The van der Waals surface area contributed by atoms with Gasteiger partial charge in [-0.2, -0.15) is 0 Å². The van der Waals surface area contributed by atoms with Crippen LogP contribution < -0.4 is 0 Å². The molecule has 3 heterocycles. The van der Waals surface area contributed by atoms with Crippen LogP contribution in [0, 0.1) is 5.92 Å². The van der Waals surface area contributed by atoms with Gasteiger partial charge in [0.15, 0.2) is 0 Å². The Morgan fingerprint density at radius 1 is 1.20 bits per heavy atom. The number of carbonyl (C=O) groups is 1. The first-order chi connectivity index (χ1) is 9.33. The van der Waals surface area contributed by atoms with Crippen molar-refractivity contribution in [2.24, 2.45) is 5.92 Å². The van der Waals surface area contributed by atoms with Gasteiger partial charge in [0.1, 0.15) is 0 Å². The smallest absolute Gasteiger partial charge is 0.232 e. The molecule has 3 atom stereocenters. The maximum absolute atomic E-state index is 12.2. The van der Waals surface area contributed by atoms with E-state index < -0.39 is 9.05 Å². The van der Waals surface area contributed by atoms with Gasteiger partial charge in [-0.3, -0.25) is 4.79 Å². The van der Waals surface area contributed by atoms with Crippen LogP contribution >= 0.6 is 10.7 Å². The molecule has 3 fully saturated rings. The van der Waals surface area contributed by atoms with Crippen LogP contribution in [0.15, 0.2) is 0 Å². The van der Waals surface area contributed by atoms with E-state index in [1.165, 1.54) is 12.8 Å². The van der Waals surface area contributed by atoms with E-state index in [9.17, 15) is 13.2 Å². The van der Waals surface area contributed by atoms with E-state index in [0.29, 0.717) is 31.1 Å². The minimum absolute atomic E-state index is 0.0870. The van der Waals surface area contributed by atoms with Crippen molar-refractivity contribution >= 4 is 25.6 Å². The maximum Gasteiger partial charge on any atom is 0.232 e. The minimum Gasteiger partial charge on any atom is -0.339 e. The fraction of sp³-hybridized carbons (Fsp3) is 0.923. The molecule has 114 valence electrons. The fourth-order valence-electron chi connectivity index (χ4n) is 4.19. The van der Waals surface area contributed by atoms with Crippen LogP contribution in [0.5, 0.6) is 0 Å². The summed E-state index contributed by atoms with van der Waals surface area (Å²) >= 11 is 0. The number of fused-ring (bicyclic) bond motifs is 2. The highest BCUT2D eigenvalue weighted by Crippen LogP contribution is 2.38. The average Bonchev–Trinajstić information content (AvgIpc) is 2.74. The third-order valence-corrected chi connectivity index (χ3v) is 6.43. The Bertz CT molecular complexity index is 496. The van der Waals surface area contributed by atoms with Crippen molar-refractivity contribution in [3.8, 4) is 0 Å². The predicted octanol–water partition coefficient (Wildman–Crippen LogP) is 1.03. The van der Waals surface area contributed by atoms with Gasteiger partial charge in [0.05, 0.1) is 5.75 Å². The van der Waals surface area contributed by atoms with Crippen LogP contribution in [0.3, 0.4) is 0 Å². The summed E-state index contributed by atoms with van der Waals surface area (Å²) in [6.07, 6.45) is 4.82. The first kappa shape index (κ1) is 14.6. The second-order valence-corrected chi connectivity index (χ2v) is 9.32. The zero-order valence-electron chi connectivity index (χ0n) is 11.7. The largest absolute Gasteiger partial charge is 0.339 e. The van der Waals surface area contributed by atoms with E-state index in [1.54, 1.807) is 0 Å². The SMILES string of the molecule is CN1C2CCC1CC(N1CC(CS(=O)(=O)Cl)CC1=O)C2. The van der Waals surface area contributed by atoms with Crippen LogP contribution in [-0.2, 0) is 13.8 Å². The van der Waals surface area contributed by atoms with Crippen molar-refractivity contribution in [2.45, 2.75) is 50.2 Å². The Kier molecular flexibility index (Phi) is 3.75. The molecule has 0 aromatic rings. The molecule has 0 spiro atoms. The number of amides is 1. The molecule has 3 aliphatic rings. The quantitative estimate of drug-likeness (QED) is 0.729. The number of piperidine rings is 1. The molecule has 3 saturated heterocycles. The number of likely N-dealkylation sites (tertiary alicyclic amines) is 1. The Morgan fingerprint density at radius 2 is 1.80 bits per heavy atom. The molecule has 7 heteroatoms. The monoisotopic (exact) mass is 320 g/mol. The number of hydrogen-bond acceptors (Lipinski definition) is 4. The highest BCUT2D eigenvalue weighted by molar-refractivity contribution is 8.13. The second-order valence-electron chi connectivity index (χ2n) is 6.50. The van der Waals surface area contributed by atoms with E-state index in [0.717, 1.165) is 12.8 Å². The summed E-state index contributed by atoms with van der Waals surface area (Å²) in [6, 6.07) is 1.46. The lowest BCUT2D eigenvalue weighted by atomic mass is 9.97. The molecule has 3 rings (SSSR count). The molecule has 3 aliphatic heterocycles. The molecule has 0 aromatic heterocycles. The van der Waals surface area contributed by atoms with Crippen LogP contribution in [-0.4, -0.2) is 61.6 Å². The van der Waals surface area contributed by atoms with Gasteiger partial charge in [0.25, 0.3) is 0 Å². The number of carbonyl (C=O) groups excluding carboxylic acids is 1. The molecule has 0 aromatic carbocycles. The molecule has 0 saturated carbocycles. The number of nitrogens with zero attached hydrogens (tertiary/aromatic N) is 2. The molecule has 20 heavy (non-hydrogen) atoms. The highest BCUT2D eigenvalue weighted by Gasteiger charge is 2.44. The molecule has 0 aliphatic carbocycles. The van der Waals surface area contributed by atoms with Crippen LogP contribution in [0.2, 0.25) is 0 Å². The van der Waals surface area contributed by atoms with Crippen LogP contribution in [0.1, 0.15) is 32.1 Å². The van der Waals surface area contributed by atoms with Crippen molar-refractivity contribution in [2.75, 3.05) is 19.3 Å². The molecular weight excluding hydrogens is 300 g/mol. The van der Waals surface area contributed by atoms with Crippen molar-refractivity contribution in [1.82, 2.24) is 9.80 Å². The Labute approximate surface area is 124 Å². The first-order valence-corrected chi connectivity index (χ1v) is 9.75. The summed E-state index contributed by atoms with van der Waals surface area (Å²) in [5.41, 5.74) is 0. The van der Waals surface area contributed by atoms with Gasteiger partial charge in [-0.15, -0.1) is 0 Å². The van der Waals surface area contributed by atoms with Crippen molar-refractivity contribution in [3.63, 3.8) is 0 Å². The zero-order chi connectivity index (χ0) is 14.5. The fourth-order valence-corrected chi connectivity index (χ4v) is 5.51.